The molecule has 0 saturated carbocycles. The number of pyridine rings is 1. The Balaban J connectivity index is 2.06. The number of carbonyl (C=O) groups is 1. The van der Waals surface area contributed by atoms with Crippen molar-refractivity contribution in [1.29, 1.82) is 0 Å². The van der Waals surface area contributed by atoms with Crippen LogP contribution in [-0.4, -0.2) is 40.9 Å². The van der Waals surface area contributed by atoms with E-state index in [2.05, 4.69) is 32.4 Å². The number of thiazole rings is 1. The number of anilines is 1. The fourth-order valence-corrected chi connectivity index (χ4v) is 2.49. The van der Waals surface area contributed by atoms with Crippen LogP contribution in [0.1, 0.15) is 23.1 Å². The van der Waals surface area contributed by atoms with Crippen molar-refractivity contribution in [2.75, 3.05) is 19.0 Å². The molecular formula is C16H18N4O3S. The minimum Gasteiger partial charge on any atom is -0.495 e. The van der Waals surface area contributed by atoms with E-state index in [1.54, 1.807) is 32.5 Å². The molecule has 0 aliphatic heterocycles. The lowest BCUT2D eigenvalue weighted by molar-refractivity contribution is 0.190. The second-order valence-corrected chi connectivity index (χ2v) is 5.98. The average Bonchev–Trinajstić information content (AvgIpc) is 2.90. The number of aliphatic hydroxyl groups is 1. The molecule has 2 aromatic rings. The number of ether oxygens (including phenoxy) is 1. The summed E-state index contributed by atoms with van der Waals surface area (Å²) < 4.78 is 5.11. The Labute approximate surface area is 144 Å². The largest absolute Gasteiger partial charge is 0.495 e. The number of aryl methyl sites for hydroxylation is 1. The lowest BCUT2D eigenvalue weighted by atomic mass is 10.2. The number of aromatic nitrogens is 2. The van der Waals surface area contributed by atoms with E-state index in [0.29, 0.717) is 10.9 Å². The number of nitrogens with zero attached hydrogens (tertiary/aromatic N) is 2. The van der Waals surface area contributed by atoms with Gasteiger partial charge in [-0.3, -0.25) is 10.3 Å². The second-order valence-electron chi connectivity index (χ2n) is 4.98. The molecule has 0 fully saturated rings. The minimum absolute atomic E-state index is 0.172. The SMILES string of the molecule is COc1cncc(C#Cc2sc(NC(=O)NCC(C)O)nc2C)c1. The van der Waals surface area contributed by atoms with E-state index in [-0.39, 0.29) is 6.54 Å². The van der Waals surface area contributed by atoms with Gasteiger partial charge in [0.25, 0.3) is 0 Å². The summed E-state index contributed by atoms with van der Waals surface area (Å²) in [4.78, 5) is 20.7. The molecule has 0 saturated heterocycles. The number of nitrogens with one attached hydrogen (secondary N) is 2. The normalized spacial score (nSPS) is 11.2. The molecule has 24 heavy (non-hydrogen) atoms. The molecule has 0 spiro atoms. The quantitative estimate of drug-likeness (QED) is 0.733. The summed E-state index contributed by atoms with van der Waals surface area (Å²) in [5.41, 5.74) is 1.46. The molecule has 0 bridgehead atoms. The molecule has 0 aliphatic rings. The van der Waals surface area contributed by atoms with Gasteiger partial charge in [-0.05, 0) is 25.8 Å². The van der Waals surface area contributed by atoms with Crippen LogP contribution in [0.3, 0.4) is 0 Å². The summed E-state index contributed by atoms with van der Waals surface area (Å²) >= 11 is 1.28. The first-order valence-corrected chi connectivity index (χ1v) is 8.01. The standard InChI is InChI=1S/C16H18N4O3S/c1-10(21)7-18-15(22)20-16-19-11(2)14(24-16)5-4-12-6-13(23-3)9-17-8-12/h6,8-10,21H,7H2,1-3H3,(H2,18,19,20,22). The van der Waals surface area contributed by atoms with Gasteiger partial charge in [0.1, 0.15) is 10.6 Å². The van der Waals surface area contributed by atoms with Gasteiger partial charge in [0.2, 0.25) is 0 Å². The summed E-state index contributed by atoms with van der Waals surface area (Å²) in [6.45, 7) is 3.59. The summed E-state index contributed by atoms with van der Waals surface area (Å²) in [6, 6.07) is 1.38. The first-order valence-electron chi connectivity index (χ1n) is 7.19. The Morgan fingerprint density at radius 2 is 2.25 bits per heavy atom. The highest BCUT2D eigenvalue weighted by Gasteiger charge is 2.09. The third kappa shape index (κ3) is 5.22. The maximum Gasteiger partial charge on any atom is 0.321 e. The monoisotopic (exact) mass is 346 g/mol. The van der Waals surface area contributed by atoms with Crippen LogP contribution < -0.4 is 15.4 Å². The van der Waals surface area contributed by atoms with Crippen LogP contribution in [-0.2, 0) is 0 Å². The number of methoxy groups -OCH3 is 1. The van der Waals surface area contributed by atoms with Crippen LogP contribution >= 0.6 is 11.3 Å². The van der Waals surface area contributed by atoms with Gasteiger partial charge in [-0.15, -0.1) is 0 Å². The number of aliphatic hydroxyl groups excluding tert-OH is 1. The summed E-state index contributed by atoms with van der Waals surface area (Å²) in [7, 11) is 1.57. The molecule has 2 heterocycles. The van der Waals surface area contributed by atoms with E-state index in [1.165, 1.54) is 11.3 Å². The summed E-state index contributed by atoms with van der Waals surface area (Å²) in [5, 5.41) is 14.8. The Kier molecular flexibility index (Phi) is 6.12. The molecule has 2 aromatic heterocycles. The molecule has 0 aliphatic carbocycles. The Bertz CT molecular complexity index is 777. The predicted octanol–water partition coefficient (Wildman–Crippen LogP) is 1.76. The van der Waals surface area contributed by atoms with E-state index in [0.717, 1.165) is 16.1 Å². The molecule has 0 aromatic carbocycles. The minimum atomic E-state index is -0.605. The fraction of sp³-hybridized carbons (Fsp3) is 0.312. The van der Waals surface area contributed by atoms with Crippen molar-refractivity contribution >= 4 is 22.5 Å². The summed E-state index contributed by atoms with van der Waals surface area (Å²) in [5.74, 6) is 6.66. The van der Waals surface area contributed by atoms with Crippen LogP contribution in [0.4, 0.5) is 9.93 Å². The number of rotatable bonds is 4. The molecular weight excluding hydrogens is 328 g/mol. The molecule has 0 radical (unpaired) electrons. The number of carbonyl (C=O) groups excluding carboxylic acids is 1. The van der Waals surface area contributed by atoms with Gasteiger partial charge in [-0.1, -0.05) is 17.3 Å². The Hall–Kier alpha value is -2.63. The molecule has 1 unspecified atom stereocenters. The lowest BCUT2D eigenvalue weighted by Crippen LogP contribution is -2.34. The molecule has 2 amide bonds. The molecule has 126 valence electrons. The first-order chi connectivity index (χ1) is 11.5. The molecule has 2 rings (SSSR count). The Morgan fingerprint density at radius 1 is 1.46 bits per heavy atom. The highest BCUT2D eigenvalue weighted by atomic mass is 32.1. The number of amides is 2. The van der Waals surface area contributed by atoms with Gasteiger partial charge in [-0.2, -0.15) is 0 Å². The van der Waals surface area contributed by atoms with Crippen molar-refractivity contribution in [3.05, 3.63) is 34.6 Å². The lowest BCUT2D eigenvalue weighted by Gasteiger charge is -2.06. The van der Waals surface area contributed by atoms with Crippen molar-refractivity contribution in [2.24, 2.45) is 0 Å². The van der Waals surface area contributed by atoms with E-state index < -0.39 is 12.1 Å². The van der Waals surface area contributed by atoms with Gasteiger partial charge in [0.05, 0.1) is 25.1 Å². The van der Waals surface area contributed by atoms with E-state index in [9.17, 15) is 4.79 Å². The van der Waals surface area contributed by atoms with Gasteiger partial charge >= 0.3 is 6.03 Å². The molecule has 3 N–H and O–H groups in total. The van der Waals surface area contributed by atoms with Crippen molar-refractivity contribution in [1.82, 2.24) is 15.3 Å². The van der Waals surface area contributed by atoms with Crippen molar-refractivity contribution in [2.45, 2.75) is 20.0 Å². The third-order valence-corrected chi connectivity index (χ3v) is 3.83. The maximum absolute atomic E-state index is 11.7. The Morgan fingerprint density at radius 3 is 2.96 bits per heavy atom. The highest BCUT2D eigenvalue weighted by molar-refractivity contribution is 7.16. The van der Waals surface area contributed by atoms with Gasteiger partial charge in [0, 0.05) is 18.3 Å². The van der Waals surface area contributed by atoms with Crippen LogP contribution in [0, 0.1) is 18.8 Å². The van der Waals surface area contributed by atoms with E-state index in [4.69, 9.17) is 9.84 Å². The highest BCUT2D eigenvalue weighted by Crippen LogP contribution is 2.21. The van der Waals surface area contributed by atoms with Crippen molar-refractivity contribution in [3.63, 3.8) is 0 Å². The summed E-state index contributed by atoms with van der Waals surface area (Å²) in [6.07, 6.45) is 2.65. The van der Waals surface area contributed by atoms with E-state index in [1.807, 2.05) is 6.92 Å². The van der Waals surface area contributed by atoms with Crippen molar-refractivity contribution in [3.8, 4) is 17.6 Å². The maximum atomic E-state index is 11.7. The van der Waals surface area contributed by atoms with Crippen LogP contribution in [0.5, 0.6) is 5.75 Å². The zero-order valence-electron chi connectivity index (χ0n) is 13.6. The average molecular weight is 346 g/mol. The number of urea groups is 1. The van der Waals surface area contributed by atoms with Crippen LogP contribution in [0.25, 0.3) is 0 Å². The zero-order chi connectivity index (χ0) is 17.5. The molecule has 8 heteroatoms. The van der Waals surface area contributed by atoms with Crippen molar-refractivity contribution < 1.29 is 14.6 Å². The zero-order valence-corrected chi connectivity index (χ0v) is 14.4. The topological polar surface area (TPSA) is 96.4 Å². The van der Waals surface area contributed by atoms with Crippen LogP contribution in [0.15, 0.2) is 18.5 Å². The van der Waals surface area contributed by atoms with E-state index >= 15 is 0 Å². The molecule has 7 nitrogen and oxygen atoms in total. The van der Waals surface area contributed by atoms with Crippen LogP contribution in [0.2, 0.25) is 0 Å². The van der Waals surface area contributed by atoms with Gasteiger partial charge < -0.3 is 15.2 Å². The molecule has 1 atom stereocenters. The van der Waals surface area contributed by atoms with Gasteiger partial charge in [-0.25, -0.2) is 9.78 Å². The number of hydrogen-bond donors (Lipinski definition) is 3. The predicted molar refractivity (Wildman–Crippen MR) is 92.3 cm³/mol. The van der Waals surface area contributed by atoms with Gasteiger partial charge in [0.15, 0.2) is 5.13 Å². The second kappa shape index (κ2) is 8.29. The third-order valence-electron chi connectivity index (χ3n) is 2.84. The first kappa shape index (κ1) is 17.7. The smallest absolute Gasteiger partial charge is 0.321 e. The number of hydrogen-bond acceptors (Lipinski definition) is 6. The fourth-order valence-electron chi connectivity index (χ4n) is 1.68.